The molecule has 1 aliphatic heterocycles. The zero-order valence-corrected chi connectivity index (χ0v) is 17.0. The number of anilines is 1. The van der Waals surface area contributed by atoms with E-state index >= 15 is 0 Å². The summed E-state index contributed by atoms with van der Waals surface area (Å²) in [5.74, 6) is -0.764. The van der Waals surface area contributed by atoms with Gasteiger partial charge in [0.15, 0.2) is 5.82 Å². The van der Waals surface area contributed by atoms with Gasteiger partial charge in [-0.25, -0.2) is 12.8 Å². The molecular formula is C17H17FN6O3S2. The highest BCUT2D eigenvalue weighted by atomic mass is 32.2. The van der Waals surface area contributed by atoms with Crippen LogP contribution in [0.3, 0.4) is 0 Å². The quantitative estimate of drug-likeness (QED) is 0.657. The van der Waals surface area contributed by atoms with E-state index in [0.717, 1.165) is 24.2 Å². The van der Waals surface area contributed by atoms with Crippen molar-refractivity contribution in [2.45, 2.75) is 24.7 Å². The minimum atomic E-state index is -3.73. The molecule has 1 fully saturated rings. The molecule has 4 rings (SSSR count). The second-order valence-electron chi connectivity index (χ2n) is 6.48. The van der Waals surface area contributed by atoms with Crippen LogP contribution >= 0.6 is 11.3 Å². The Kier molecular flexibility index (Phi) is 5.15. The van der Waals surface area contributed by atoms with E-state index in [1.807, 2.05) is 0 Å². The number of nitrogens with one attached hydrogen (secondary N) is 1. The van der Waals surface area contributed by atoms with Gasteiger partial charge < -0.3 is 5.32 Å². The predicted molar refractivity (Wildman–Crippen MR) is 104 cm³/mol. The number of rotatable bonds is 5. The number of halogens is 1. The van der Waals surface area contributed by atoms with Crippen molar-refractivity contribution in [2.24, 2.45) is 0 Å². The molecule has 0 bridgehead atoms. The lowest BCUT2D eigenvalue weighted by Crippen LogP contribution is -2.29. The topological polar surface area (TPSA) is 110 Å². The molecule has 3 heterocycles. The maximum atomic E-state index is 14.2. The molecule has 1 aromatic carbocycles. The number of nitrogens with zero attached hydrogens (tertiary/aromatic N) is 5. The fourth-order valence-corrected chi connectivity index (χ4v) is 5.94. The normalized spacial score (nSPS) is 15.0. The monoisotopic (exact) mass is 436 g/mol. The van der Waals surface area contributed by atoms with Crippen molar-refractivity contribution in [3.05, 3.63) is 46.2 Å². The van der Waals surface area contributed by atoms with E-state index < -0.39 is 21.7 Å². The van der Waals surface area contributed by atoms with Crippen molar-refractivity contribution in [2.75, 3.05) is 18.4 Å². The molecule has 1 N–H and O–H groups in total. The Hall–Kier alpha value is -2.70. The number of benzene rings is 1. The number of aromatic nitrogens is 4. The molecule has 0 aliphatic carbocycles. The zero-order chi connectivity index (χ0) is 20.6. The van der Waals surface area contributed by atoms with Crippen molar-refractivity contribution >= 4 is 33.0 Å². The number of hydrogen-bond acceptors (Lipinski definition) is 7. The van der Waals surface area contributed by atoms with E-state index in [9.17, 15) is 17.6 Å². The van der Waals surface area contributed by atoms with Crippen molar-refractivity contribution in [3.63, 3.8) is 0 Å². The zero-order valence-electron chi connectivity index (χ0n) is 15.4. The predicted octanol–water partition coefficient (Wildman–Crippen LogP) is 2.21. The first kappa shape index (κ1) is 19.6. The molecular weight excluding hydrogens is 419 g/mol. The summed E-state index contributed by atoms with van der Waals surface area (Å²) >= 11 is 1.04. The number of thiophene rings is 1. The van der Waals surface area contributed by atoms with Gasteiger partial charge in [0.25, 0.3) is 5.91 Å². The van der Waals surface area contributed by atoms with Crippen LogP contribution in [0.2, 0.25) is 0 Å². The summed E-state index contributed by atoms with van der Waals surface area (Å²) in [4.78, 5) is 12.9. The molecule has 3 aromatic rings. The van der Waals surface area contributed by atoms with Gasteiger partial charge in [0, 0.05) is 18.8 Å². The summed E-state index contributed by atoms with van der Waals surface area (Å²) < 4.78 is 42.5. The Morgan fingerprint density at radius 2 is 2.00 bits per heavy atom. The average Bonchev–Trinajstić information content (AvgIpc) is 3.45. The second kappa shape index (κ2) is 7.61. The maximum absolute atomic E-state index is 14.2. The fourth-order valence-electron chi connectivity index (χ4n) is 3.13. The summed E-state index contributed by atoms with van der Waals surface area (Å²) in [6, 6.07) is 5.40. The van der Waals surface area contributed by atoms with Crippen molar-refractivity contribution < 1.29 is 17.6 Å². The molecule has 0 radical (unpaired) electrons. The van der Waals surface area contributed by atoms with Crippen molar-refractivity contribution in [3.8, 4) is 5.69 Å². The molecule has 12 heteroatoms. The van der Waals surface area contributed by atoms with Crippen LogP contribution in [-0.2, 0) is 10.0 Å². The van der Waals surface area contributed by atoms with Gasteiger partial charge in [-0.15, -0.1) is 16.4 Å². The fraction of sp³-hybridized carbons (Fsp3) is 0.294. The molecule has 0 saturated carbocycles. The number of amides is 1. The minimum absolute atomic E-state index is 0.0134. The summed E-state index contributed by atoms with van der Waals surface area (Å²) in [5, 5.41) is 15.1. The largest absolute Gasteiger partial charge is 0.321 e. The number of carbonyl (C=O) groups is 1. The second-order valence-corrected chi connectivity index (χ2v) is 9.31. The van der Waals surface area contributed by atoms with Gasteiger partial charge in [-0.3, -0.25) is 4.79 Å². The van der Waals surface area contributed by atoms with Crippen LogP contribution in [0.1, 0.15) is 28.3 Å². The molecule has 0 atom stereocenters. The number of sulfonamides is 1. The van der Waals surface area contributed by atoms with E-state index in [0.29, 0.717) is 24.6 Å². The summed E-state index contributed by atoms with van der Waals surface area (Å²) in [6.07, 6.45) is 1.61. The van der Waals surface area contributed by atoms with Gasteiger partial charge in [0.05, 0.1) is 0 Å². The maximum Gasteiger partial charge on any atom is 0.267 e. The average molecular weight is 436 g/mol. The Morgan fingerprint density at radius 3 is 2.69 bits per heavy atom. The number of carbonyl (C=O) groups excluding carboxylic acids is 1. The van der Waals surface area contributed by atoms with E-state index in [4.69, 9.17) is 0 Å². The van der Waals surface area contributed by atoms with Gasteiger partial charge in [0.2, 0.25) is 10.0 Å². The van der Waals surface area contributed by atoms with Gasteiger partial charge in [-0.05, 0) is 59.8 Å². The van der Waals surface area contributed by atoms with E-state index in [1.165, 1.54) is 33.3 Å². The van der Waals surface area contributed by atoms with Crippen LogP contribution in [0.25, 0.3) is 5.69 Å². The van der Waals surface area contributed by atoms with Crippen LogP contribution in [0, 0.1) is 12.7 Å². The first-order chi connectivity index (χ1) is 13.9. The van der Waals surface area contributed by atoms with Crippen molar-refractivity contribution in [1.29, 1.82) is 0 Å². The van der Waals surface area contributed by atoms with Crippen LogP contribution in [-0.4, -0.2) is 51.9 Å². The highest BCUT2D eigenvalue weighted by Crippen LogP contribution is 2.28. The minimum Gasteiger partial charge on any atom is -0.321 e. The standard InChI is InChI=1S/C17H17FN6O3S2/c1-11-20-21-22-24(11)14-10-12(4-5-13(14)18)19-17(25)16-15(6-9-28-16)29(26,27)23-7-2-3-8-23/h4-6,9-10H,2-3,7-8H2,1H3,(H,19,25). The molecule has 29 heavy (non-hydrogen) atoms. The van der Waals surface area contributed by atoms with Gasteiger partial charge >= 0.3 is 0 Å². The van der Waals surface area contributed by atoms with Crippen LogP contribution in [0.4, 0.5) is 10.1 Å². The molecule has 1 aliphatic rings. The molecule has 1 amide bonds. The smallest absolute Gasteiger partial charge is 0.267 e. The van der Waals surface area contributed by atoms with Crippen LogP contribution in [0.15, 0.2) is 34.5 Å². The molecule has 152 valence electrons. The van der Waals surface area contributed by atoms with E-state index in [1.54, 1.807) is 12.3 Å². The molecule has 1 saturated heterocycles. The highest BCUT2D eigenvalue weighted by molar-refractivity contribution is 7.89. The van der Waals surface area contributed by atoms with E-state index in [2.05, 4.69) is 20.8 Å². The van der Waals surface area contributed by atoms with Gasteiger partial charge in [-0.2, -0.15) is 8.99 Å². The Labute approximate surface area is 170 Å². The van der Waals surface area contributed by atoms with Gasteiger partial charge in [0.1, 0.15) is 21.3 Å². The molecule has 9 nitrogen and oxygen atoms in total. The highest BCUT2D eigenvalue weighted by Gasteiger charge is 2.31. The number of hydrogen-bond donors (Lipinski definition) is 1. The molecule has 0 unspecified atom stereocenters. The SMILES string of the molecule is Cc1nnnn1-c1cc(NC(=O)c2sccc2S(=O)(=O)N2CCCC2)ccc1F. The lowest BCUT2D eigenvalue weighted by atomic mass is 10.2. The first-order valence-corrected chi connectivity index (χ1v) is 11.1. The van der Waals surface area contributed by atoms with Crippen LogP contribution < -0.4 is 5.32 Å². The van der Waals surface area contributed by atoms with Crippen LogP contribution in [0.5, 0.6) is 0 Å². The lowest BCUT2D eigenvalue weighted by molar-refractivity contribution is 0.102. The number of tetrazole rings is 1. The third-order valence-corrected chi connectivity index (χ3v) is 7.56. The molecule has 0 spiro atoms. The number of aryl methyl sites for hydroxylation is 1. The third-order valence-electron chi connectivity index (χ3n) is 4.58. The van der Waals surface area contributed by atoms with Gasteiger partial charge in [-0.1, -0.05) is 0 Å². The Balaban J connectivity index is 1.62. The van der Waals surface area contributed by atoms with Crippen molar-refractivity contribution in [1.82, 2.24) is 24.5 Å². The van der Waals surface area contributed by atoms with E-state index in [-0.39, 0.29) is 15.5 Å². The lowest BCUT2D eigenvalue weighted by Gasteiger charge is -2.15. The Morgan fingerprint density at radius 1 is 1.24 bits per heavy atom. The Bertz CT molecular complexity index is 1170. The summed E-state index contributed by atoms with van der Waals surface area (Å²) in [5.41, 5.74) is 0.362. The first-order valence-electron chi connectivity index (χ1n) is 8.82. The summed E-state index contributed by atoms with van der Waals surface area (Å²) in [7, 11) is -3.73. The molecule has 2 aromatic heterocycles. The summed E-state index contributed by atoms with van der Waals surface area (Å²) in [6.45, 7) is 2.52. The third kappa shape index (κ3) is 3.66.